The van der Waals surface area contributed by atoms with Gasteiger partial charge < -0.3 is 30.5 Å². The van der Waals surface area contributed by atoms with Crippen LogP contribution in [0, 0.1) is 5.82 Å². The Bertz CT molecular complexity index is 1310. The standard InChI is InChI=1S/C23H25FN6O4S/c1-29-6-4-16-19(11-29)35-22(28-16)21(32)27-18-10-30(23(33)34)7-5-15(18)26-20(31)17-9-12-8-13(24)2-3-14(12)25-17/h2-3,8-9,15,18,25H,4-7,10-11H2,1H3,(H,26,31)(H,27,32)(H,33,34). The number of hydrogen-bond donors (Lipinski definition) is 4. The van der Waals surface area contributed by atoms with Gasteiger partial charge in [0, 0.05) is 48.4 Å². The predicted octanol–water partition coefficient (Wildman–Crippen LogP) is 2.03. The van der Waals surface area contributed by atoms with Crippen LogP contribution in [-0.4, -0.2) is 81.5 Å². The van der Waals surface area contributed by atoms with Crippen molar-refractivity contribution in [1.29, 1.82) is 0 Å². The lowest BCUT2D eigenvalue weighted by molar-refractivity contribution is 0.0792. The molecule has 0 aliphatic carbocycles. The van der Waals surface area contributed by atoms with Crippen molar-refractivity contribution in [3.63, 3.8) is 0 Å². The molecule has 1 fully saturated rings. The Balaban J connectivity index is 1.32. The van der Waals surface area contributed by atoms with E-state index in [2.05, 4.69) is 25.5 Å². The van der Waals surface area contributed by atoms with Gasteiger partial charge in [-0.25, -0.2) is 14.2 Å². The van der Waals surface area contributed by atoms with Crippen LogP contribution in [0.4, 0.5) is 9.18 Å². The molecule has 1 saturated heterocycles. The first-order valence-electron chi connectivity index (χ1n) is 11.3. The minimum atomic E-state index is -1.08. The highest BCUT2D eigenvalue weighted by molar-refractivity contribution is 7.13. The van der Waals surface area contributed by atoms with Gasteiger partial charge >= 0.3 is 6.09 Å². The highest BCUT2D eigenvalue weighted by atomic mass is 32.1. The molecule has 3 amide bonds. The quantitative estimate of drug-likeness (QED) is 0.434. The molecule has 3 aromatic rings. The van der Waals surface area contributed by atoms with Crippen molar-refractivity contribution in [2.45, 2.75) is 31.5 Å². The van der Waals surface area contributed by atoms with Crippen molar-refractivity contribution in [3.8, 4) is 0 Å². The molecule has 0 saturated carbocycles. The summed E-state index contributed by atoms with van der Waals surface area (Å²) in [7, 11) is 2.02. The summed E-state index contributed by atoms with van der Waals surface area (Å²) in [6, 6.07) is 4.63. The number of rotatable bonds is 4. The highest BCUT2D eigenvalue weighted by Gasteiger charge is 2.35. The number of likely N-dealkylation sites (tertiary alicyclic amines) is 1. The predicted molar refractivity (Wildman–Crippen MR) is 127 cm³/mol. The van der Waals surface area contributed by atoms with Gasteiger partial charge in [0.25, 0.3) is 11.8 Å². The number of piperidine rings is 1. The van der Waals surface area contributed by atoms with Gasteiger partial charge in [-0.2, -0.15) is 0 Å². The largest absolute Gasteiger partial charge is 0.465 e. The fourth-order valence-electron chi connectivity index (χ4n) is 4.57. The maximum absolute atomic E-state index is 13.5. The molecule has 4 heterocycles. The van der Waals surface area contributed by atoms with E-state index < -0.39 is 29.9 Å². The van der Waals surface area contributed by atoms with Crippen molar-refractivity contribution in [1.82, 2.24) is 30.4 Å². The summed E-state index contributed by atoms with van der Waals surface area (Å²) < 4.78 is 13.5. The molecular weight excluding hydrogens is 475 g/mol. The molecule has 184 valence electrons. The fraction of sp³-hybridized carbons (Fsp3) is 0.391. The first-order chi connectivity index (χ1) is 16.8. The van der Waals surface area contributed by atoms with Gasteiger partial charge in [0.15, 0.2) is 5.01 Å². The van der Waals surface area contributed by atoms with E-state index in [0.717, 1.165) is 30.1 Å². The van der Waals surface area contributed by atoms with Crippen molar-refractivity contribution < 1.29 is 23.9 Å². The van der Waals surface area contributed by atoms with Gasteiger partial charge in [0.05, 0.1) is 17.8 Å². The molecule has 5 rings (SSSR count). The Hall–Kier alpha value is -3.51. The summed E-state index contributed by atoms with van der Waals surface area (Å²) in [6.45, 7) is 1.88. The normalized spacial score (nSPS) is 20.5. The number of benzene rings is 1. The second-order valence-electron chi connectivity index (χ2n) is 8.97. The number of aromatic nitrogens is 2. The fourth-order valence-corrected chi connectivity index (χ4v) is 5.66. The molecule has 2 atom stereocenters. The number of carbonyl (C=O) groups excluding carboxylic acids is 2. The second-order valence-corrected chi connectivity index (χ2v) is 10.1. The first kappa shape index (κ1) is 23.2. The number of aromatic amines is 1. The lowest BCUT2D eigenvalue weighted by atomic mass is 9.99. The number of carboxylic acid groups (broad SMARTS) is 1. The number of nitrogens with zero attached hydrogens (tertiary/aromatic N) is 3. The van der Waals surface area contributed by atoms with Gasteiger partial charge in [-0.15, -0.1) is 11.3 Å². The number of hydrogen-bond acceptors (Lipinski definition) is 6. The van der Waals surface area contributed by atoms with Crippen LogP contribution in [-0.2, 0) is 13.0 Å². The van der Waals surface area contributed by atoms with Crippen LogP contribution in [0.5, 0.6) is 0 Å². The van der Waals surface area contributed by atoms with E-state index in [4.69, 9.17) is 0 Å². The Morgan fingerprint density at radius 2 is 1.97 bits per heavy atom. The van der Waals surface area contributed by atoms with Gasteiger partial charge in [-0.1, -0.05) is 0 Å². The first-order valence-corrected chi connectivity index (χ1v) is 12.1. The van der Waals surface area contributed by atoms with E-state index in [1.165, 1.54) is 28.4 Å². The van der Waals surface area contributed by atoms with Crippen molar-refractivity contribution in [2.75, 3.05) is 26.7 Å². The van der Waals surface area contributed by atoms with Crippen LogP contribution < -0.4 is 10.6 Å². The van der Waals surface area contributed by atoms with Gasteiger partial charge in [0.2, 0.25) is 0 Å². The molecule has 2 aliphatic heterocycles. The zero-order valence-corrected chi connectivity index (χ0v) is 19.8. The number of likely N-dealkylation sites (N-methyl/N-ethyl adjacent to an activating group) is 1. The molecule has 0 radical (unpaired) electrons. The Morgan fingerprint density at radius 3 is 2.77 bits per heavy atom. The zero-order chi connectivity index (χ0) is 24.7. The van der Waals surface area contributed by atoms with Crippen LogP contribution in [0.1, 0.15) is 37.3 Å². The number of H-pyrrole nitrogens is 1. The van der Waals surface area contributed by atoms with Crippen LogP contribution in [0.15, 0.2) is 24.3 Å². The summed E-state index contributed by atoms with van der Waals surface area (Å²) in [6.07, 6.45) is 0.0232. The van der Waals surface area contributed by atoms with Gasteiger partial charge in [-0.05, 0) is 37.7 Å². The molecule has 2 aromatic heterocycles. The van der Waals surface area contributed by atoms with Crippen molar-refractivity contribution >= 4 is 40.1 Å². The molecule has 4 N–H and O–H groups in total. The number of carbonyl (C=O) groups is 3. The van der Waals surface area contributed by atoms with Crippen LogP contribution >= 0.6 is 11.3 Å². The highest BCUT2D eigenvalue weighted by Crippen LogP contribution is 2.25. The SMILES string of the molecule is CN1CCc2nc(C(=O)NC3CN(C(=O)O)CCC3NC(=O)c3cc4cc(F)ccc4[nH]3)sc2C1. The lowest BCUT2D eigenvalue weighted by Gasteiger charge is -2.37. The summed E-state index contributed by atoms with van der Waals surface area (Å²) >= 11 is 1.34. The monoisotopic (exact) mass is 500 g/mol. The summed E-state index contributed by atoms with van der Waals surface area (Å²) in [5, 5.41) is 16.2. The van der Waals surface area contributed by atoms with Crippen LogP contribution in [0.3, 0.4) is 0 Å². The zero-order valence-electron chi connectivity index (χ0n) is 19.0. The Kier molecular flexibility index (Phi) is 6.15. The number of thiazole rings is 1. The topological polar surface area (TPSA) is 131 Å². The Morgan fingerprint density at radius 1 is 1.17 bits per heavy atom. The number of amides is 3. The molecule has 2 unspecified atom stereocenters. The number of fused-ring (bicyclic) bond motifs is 2. The van der Waals surface area contributed by atoms with E-state index in [9.17, 15) is 23.9 Å². The minimum Gasteiger partial charge on any atom is -0.465 e. The second kappa shape index (κ2) is 9.27. The van der Waals surface area contributed by atoms with E-state index in [1.54, 1.807) is 12.1 Å². The molecule has 1 aromatic carbocycles. The molecule has 12 heteroatoms. The van der Waals surface area contributed by atoms with Crippen LogP contribution in [0.2, 0.25) is 0 Å². The minimum absolute atomic E-state index is 0.0394. The third kappa shape index (κ3) is 4.84. The summed E-state index contributed by atoms with van der Waals surface area (Å²) in [4.78, 5) is 49.5. The Labute approximate surface area is 204 Å². The van der Waals surface area contributed by atoms with Crippen LogP contribution in [0.25, 0.3) is 10.9 Å². The summed E-state index contributed by atoms with van der Waals surface area (Å²) in [5.74, 6) is -1.20. The molecule has 0 bridgehead atoms. The van der Waals surface area contributed by atoms with E-state index >= 15 is 0 Å². The molecule has 0 spiro atoms. The van der Waals surface area contributed by atoms with Crippen molar-refractivity contribution in [3.05, 3.63) is 51.4 Å². The van der Waals surface area contributed by atoms with Gasteiger partial charge in [-0.3, -0.25) is 9.59 Å². The van der Waals surface area contributed by atoms with Gasteiger partial charge in [0.1, 0.15) is 11.5 Å². The number of halogens is 1. The summed E-state index contributed by atoms with van der Waals surface area (Å²) in [5.41, 5.74) is 1.81. The van der Waals surface area contributed by atoms with Crippen molar-refractivity contribution in [2.24, 2.45) is 0 Å². The smallest absolute Gasteiger partial charge is 0.407 e. The molecule has 2 aliphatic rings. The third-order valence-electron chi connectivity index (χ3n) is 6.46. The van der Waals surface area contributed by atoms with E-state index in [-0.39, 0.29) is 24.7 Å². The third-order valence-corrected chi connectivity index (χ3v) is 7.54. The average molecular weight is 501 g/mol. The maximum Gasteiger partial charge on any atom is 0.407 e. The number of nitrogens with one attached hydrogen (secondary N) is 3. The van der Waals surface area contributed by atoms with E-state index in [0.29, 0.717) is 22.3 Å². The maximum atomic E-state index is 13.5. The molecule has 10 nitrogen and oxygen atoms in total. The average Bonchev–Trinajstić information content (AvgIpc) is 3.43. The van der Waals surface area contributed by atoms with E-state index in [1.807, 2.05) is 7.05 Å². The molecular formula is C23H25FN6O4S. The molecule has 35 heavy (non-hydrogen) atoms. The lowest BCUT2D eigenvalue weighted by Crippen LogP contribution is -2.61.